The van der Waals surface area contributed by atoms with Crippen LogP contribution in [0.15, 0.2) is 29.3 Å². The number of aliphatic imine (C=N–C) groups is 1. The highest BCUT2D eigenvalue weighted by atomic mass is 32.2. The summed E-state index contributed by atoms with van der Waals surface area (Å²) in [6.45, 7) is 5.30. The molecular formula is C15H22N2OS. The predicted molar refractivity (Wildman–Crippen MR) is 83.2 cm³/mol. The molecule has 1 aromatic carbocycles. The maximum absolute atomic E-state index is 5.35. The Morgan fingerprint density at radius 1 is 1.37 bits per heavy atom. The van der Waals surface area contributed by atoms with E-state index in [0.717, 1.165) is 29.6 Å². The summed E-state index contributed by atoms with van der Waals surface area (Å²) >= 11 is 1.83. The molecule has 2 rings (SSSR count). The number of methoxy groups -OCH3 is 1. The molecule has 104 valence electrons. The number of rotatable bonds is 4. The van der Waals surface area contributed by atoms with Crippen molar-refractivity contribution in [2.24, 2.45) is 10.9 Å². The molecule has 1 aromatic rings. The Hall–Kier alpha value is -1.16. The lowest BCUT2D eigenvalue weighted by atomic mass is 10.1. The van der Waals surface area contributed by atoms with Gasteiger partial charge < -0.3 is 10.1 Å². The van der Waals surface area contributed by atoms with Gasteiger partial charge in [0.1, 0.15) is 5.75 Å². The fourth-order valence-corrected chi connectivity index (χ4v) is 3.17. The molecule has 0 aliphatic carbocycles. The van der Waals surface area contributed by atoms with Crippen molar-refractivity contribution in [2.45, 2.75) is 26.3 Å². The molecule has 19 heavy (non-hydrogen) atoms. The van der Waals surface area contributed by atoms with Gasteiger partial charge in [0.2, 0.25) is 0 Å². The molecule has 2 unspecified atom stereocenters. The summed E-state index contributed by atoms with van der Waals surface area (Å²) in [5, 5.41) is 4.55. The van der Waals surface area contributed by atoms with E-state index in [2.05, 4.69) is 30.2 Å². The zero-order chi connectivity index (χ0) is 13.7. The zero-order valence-corrected chi connectivity index (χ0v) is 12.7. The molecular weight excluding hydrogens is 256 g/mol. The van der Waals surface area contributed by atoms with E-state index >= 15 is 0 Å². The molecule has 0 saturated carbocycles. The first-order chi connectivity index (χ1) is 9.20. The van der Waals surface area contributed by atoms with Crippen LogP contribution in [0.1, 0.15) is 19.4 Å². The lowest BCUT2D eigenvalue weighted by Gasteiger charge is -2.28. The molecule has 0 bridgehead atoms. The third-order valence-electron chi connectivity index (χ3n) is 3.52. The third kappa shape index (κ3) is 3.90. The molecule has 4 heteroatoms. The Morgan fingerprint density at radius 3 is 2.89 bits per heavy atom. The summed E-state index contributed by atoms with van der Waals surface area (Å²) in [4.78, 5) is 4.65. The quantitative estimate of drug-likeness (QED) is 0.919. The van der Waals surface area contributed by atoms with Crippen molar-refractivity contribution in [3.05, 3.63) is 29.8 Å². The highest BCUT2D eigenvalue weighted by molar-refractivity contribution is 8.13. The Morgan fingerprint density at radius 2 is 2.16 bits per heavy atom. The number of nitrogens with zero attached hydrogens (tertiary/aromatic N) is 1. The topological polar surface area (TPSA) is 33.6 Å². The van der Waals surface area contributed by atoms with E-state index in [4.69, 9.17) is 4.74 Å². The molecule has 2 atom stereocenters. The lowest BCUT2D eigenvalue weighted by molar-refractivity contribution is 0.410. The van der Waals surface area contributed by atoms with Gasteiger partial charge in [-0.1, -0.05) is 36.9 Å². The van der Waals surface area contributed by atoms with Crippen molar-refractivity contribution >= 4 is 16.9 Å². The van der Waals surface area contributed by atoms with Gasteiger partial charge >= 0.3 is 0 Å². The summed E-state index contributed by atoms with van der Waals surface area (Å²) in [5.41, 5.74) is 1.22. The molecule has 3 nitrogen and oxygen atoms in total. The number of nitrogens with one attached hydrogen (secondary N) is 1. The molecule has 1 N–H and O–H groups in total. The highest BCUT2D eigenvalue weighted by Gasteiger charge is 2.20. The Balaban J connectivity index is 1.89. The normalized spacial score (nSPS) is 25.1. The maximum atomic E-state index is 5.35. The molecule has 0 amide bonds. The first-order valence-corrected chi connectivity index (χ1v) is 7.75. The van der Waals surface area contributed by atoms with Crippen LogP contribution in [0.3, 0.4) is 0 Å². The van der Waals surface area contributed by atoms with Gasteiger partial charge in [-0.2, -0.15) is 0 Å². The molecule has 0 aromatic heterocycles. The minimum absolute atomic E-state index is 0.520. The van der Waals surface area contributed by atoms with Gasteiger partial charge in [-0.05, 0) is 30.9 Å². The van der Waals surface area contributed by atoms with Crippen molar-refractivity contribution < 1.29 is 4.74 Å². The number of amidine groups is 1. The minimum Gasteiger partial charge on any atom is -0.496 e. The number of hydrogen-bond acceptors (Lipinski definition) is 3. The first kappa shape index (κ1) is 14.3. The zero-order valence-electron chi connectivity index (χ0n) is 11.8. The van der Waals surface area contributed by atoms with E-state index in [0.29, 0.717) is 12.0 Å². The molecule has 1 aliphatic heterocycles. The second kappa shape index (κ2) is 6.85. The van der Waals surface area contributed by atoms with Crippen LogP contribution in [-0.2, 0) is 6.42 Å². The Labute approximate surface area is 119 Å². The van der Waals surface area contributed by atoms with Crippen molar-refractivity contribution in [3.63, 3.8) is 0 Å². The second-order valence-corrected chi connectivity index (χ2v) is 5.98. The number of para-hydroxylation sites is 1. The average molecular weight is 278 g/mol. The summed E-state index contributed by atoms with van der Waals surface area (Å²) in [6, 6.07) is 8.66. The molecule has 1 aliphatic rings. The number of thioether (sulfide) groups is 1. The highest BCUT2D eigenvalue weighted by Crippen LogP contribution is 2.20. The van der Waals surface area contributed by atoms with E-state index < -0.39 is 0 Å². The summed E-state index contributed by atoms with van der Waals surface area (Å²) < 4.78 is 5.35. The number of hydrogen-bond donors (Lipinski definition) is 1. The minimum atomic E-state index is 0.520. The van der Waals surface area contributed by atoms with E-state index in [9.17, 15) is 0 Å². The van der Waals surface area contributed by atoms with E-state index in [1.165, 1.54) is 5.56 Å². The van der Waals surface area contributed by atoms with Gasteiger partial charge in [-0.3, -0.25) is 4.99 Å². The SMILES string of the molecule is COc1ccccc1CCN=C1NC(C)C(C)CS1. The standard InChI is InChI=1S/C15H22N2OS/c1-11-10-19-15(17-12(11)2)16-9-8-13-6-4-5-7-14(13)18-3/h4-7,11-12H,8-10H2,1-3H3,(H,16,17). The second-order valence-electron chi connectivity index (χ2n) is 4.97. The Kier molecular flexibility index (Phi) is 5.14. The van der Waals surface area contributed by atoms with Gasteiger partial charge in [-0.25, -0.2) is 0 Å². The Bertz CT molecular complexity index is 448. The number of ether oxygens (including phenoxy) is 1. The smallest absolute Gasteiger partial charge is 0.156 e. The summed E-state index contributed by atoms with van der Waals surface area (Å²) in [6.07, 6.45) is 0.916. The van der Waals surface area contributed by atoms with Crippen LogP contribution in [0.5, 0.6) is 5.75 Å². The van der Waals surface area contributed by atoms with Crippen LogP contribution < -0.4 is 10.1 Å². The molecule has 0 spiro atoms. The van der Waals surface area contributed by atoms with E-state index in [1.807, 2.05) is 30.0 Å². The van der Waals surface area contributed by atoms with Crippen LogP contribution in [0.4, 0.5) is 0 Å². The van der Waals surface area contributed by atoms with Crippen molar-refractivity contribution in [1.29, 1.82) is 0 Å². The van der Waals surface area contributed by atoms with Gasteiger partial charge in [0.05, 0.1) is 7.11 Å². The fraction of sp³-hybridized carbons (Fsp3) is 0.533. The molecule has 1 heterocycles. The summed E-state index contributed by atoms with van der Waals surface area (Å²) in [5.74, 6) is 2.81. The summed E-state index contributed by atoms with van der Waals surface area (Å²) in [7, 11) is 1.71. The first-order valence-electron chi connectivity index (χ1n) is 6.76. The van der Waals surface area contributed by atoms with Gasteiger partial charge in [0.15, 0.2) is 5.17 Å². The van der Waals surface area contributed by atoms with Crippen molar-refractivity contribution in [1.82, 2.24) is 5.32 Å². The molecule has 0 radical (unpaired) electrons. The monoisotopic (exact) mass is 278 g/mol. The fourth-order valence-electron chi connectivity index (χ4n) is 2.01. The lowest BCUT2D eigenvalue weighted by Crippen LogP contribution is -2.41. The average Bonchev–Trinajstić information content (AvgIpc) is 2.43. The van der Waals surface area contributed by atoms with Gasteiger partial charge in [0.25, 0.3) is 0 Å². The van der Waals surface area contributed by atoms with Gasteiger partial charge in [0, 0.05) is 18.3 Å². The van der Waals surface area contributed by atoms with E-state index in [1.54, 1.807) is 7.11 Å². The number of benzene rings is 1. The van der Waals surface area contributed by atoms with Crippen LogP contribution >= 0.6 is 11.8 Å². The van der Waals surface area contributed by atoms with Crippen LogP contribution in [0, 0.1) is 5.92 Å². The van der Waals surface area contributed by atoms with Crippen LogP contribution in [0.2, 0.25) is 0 Å². The largest absolute Gasteiger partial charge is 0.496 e. The van der Waals surface area contributed by atoms with Crippen LogP contribution in [0.25, 0.3) is 0 Å². The van der Waals surface area contributed by atoms with E-state index in [-0.39, 0.29) is 0 Å². The maximum Gasteiger partial charge on any atom is 0.156 e. The molecule has 1 fully saturated rings. The predicted octanol–water partition coefficient (Wildman–Crippen LogP) is 2.95. The van der Waals surface area contributed by atoms with Gasteiger partial charge in [-0.15, -0.1) is 0 Å². The van der Waals surface area contributed by atoms with Crippen LogP contribution in [-0.4, -0.2) is 30.6 Å². The van der Waals surface area contributed by atoms with Crippen molar-refractivity contribution in [3.8, 4) is 5.75 Å². The molecule has 1 saturated heterocycles. The van der Waals surface area contributed by atoms with Crippen molar-refractivity contribution in [2.75, 3.05) is 19.4 Å². The third-order valence-corrected chi connectivity index (χ3v) is 4.73.